The van der Waals surface area contributed by atoms with Crippen LogP contribution < -0.4 is 15.8 Å². The molecule has 21 heavy (non-hydrogen) atoms. The van der Waals surface area contributed by atoms with Crippen molar-refractivity contribution in [3.8, 4) is 11.5 Å². The van der Waals surface area contributed by atoms with Crippen LogP contribution in [0.3, 0.4) is 0 Å². The van der Waals surface area contributed by atoms with Crippen molar-refractivity contribution in [3.05, 3.63) is 53.6 Å². The van der Waals surface area contributed by atoms with Gasteiger partial charge in [-0.3, -0.25) is 4.79 Å². The molecule has 110 valence electrons. The van der Waals surface area contributed by atoms with Crippen molar-refractivity contribution in [2.45, 2.75) is 19.4 Å². The highest BCUT2D eigenvalue weighted by atomic mass is 35.5. The zero-order valence-corrected chi connectivity index (χ0v) is 12.4. The first-order chi connectivity index (χ1) is 10.1. The second-order valence-electron chi connectivity index (χ2n) is 4.56. The standard InChI is InChI=1S/C16H17ClN2O2/c1-2-14(18)16(20)19-11-6-5-7-12(10-11)21-15-9-4-3-8-13(15)17/h3-10,14H,2,18H2,1H3,(H,19,20). The Morgan fingerprint density at radius 3 is 2.76 bits per heavy atom. The summed E-state index contributed by atoms with van der Waals surface area (Å²) < 4.78 is 5.70. The summed E-state index contributed by atoms with van der Waals surface area (Å²) in [4.78, 5) is 11.8. The van der Waals surface area contributed by atoms with Crippen LogP contribution in [0.15, 0.2) is 48.5 Å². The lowest BCUT2D eigenvalue weighted by Gasteiger charge is -2.12. The minimum absolute atomic E-state index is 0.215. The van der Waals surface area contributed by atoms with Crippen molar-refractivity contribution in [1.29, 1.82) is 0 Å². The monoisotopic (exact) mass is 304 g/mol. The molecule has 0 bridgehead atoms. The summed E-state index contributed by atoms with van der Waals surface area (Å²) in [5, 5.41) is 3.28. The average molecular weight is 305 g/mol. The van der Waals surface area contributed by atoms with E-state index in [1.165, 1.54) is 0 Å². The van der Waals surface area contributed by atoms with Crippen LogP contribution in [0.5, 0.6) is 11.5 Å². The van der Waals surface area contributed by atoms with Crippen LogP contribution in [0.2, 0.25) is 5.02 Å². The topological polar surface area (TPSA) is 64.4 Å². The van der Waals surface area contributed by atoms with Crippen LogP contribution in [0, 0.1) is 0 Å². The number of anilines is 1. The minimum Gasteiger partial charge on any atom is -0.456 e. The molecule has 2 aromatic carbocycles. The number of amides is 1. The Labute approximate surface area is 128 Å². The second-order valence-corrected chi connectivity index (χ2v) is 4.97. The van der Waals surface area contributed by atoms with Gasteiger partial charge in [-0.15, -0.1) is 0 Å². The maximum absolute atomic E-state index is 11.8. The zero-order valence-electron chi connectivity index (χ0n) is 11.7. The van der Waals surface area contributed by atoms with E-state index in [0.29, 0.717) is 28.6 Å². The molecule has 0 saturated carbocycles. The van der Waals surface area contributed by atoms with Crippen molar-refractivity contribution in [3.63, 3.8) is 0 Å². The molecule has 0 aliphatic carbocycles. The summed E-state index contributed by atoms with van der Waals surface area (Å²) in [6, 6.07) is 13.8. The molecule has 0 saturated heterocycles. The third kappa shape index (κ3) is 4.21. The highest BCUT2D eigenvalue weighted by Crippen LogP contribution is 2.29. The summed E-state index contributed by atoms with van der Waals surface area (Å²) in [5.41, 5.74) is 6.32. The quantitative estimate of drug-likeness (QED) is 0.883. The van der Waals surface area contributed by atoms with Gasteiger partial charge in [0, 0.05) is 11.8 Å². The molecule has 4 nitrogen and oxygen atoms in total. The Kier molecular flexibility index (Phi) is 5.20. The predicted molar refractivity (Wildman–Crippen MR) is 84.9 cm³/mol. The molecule has 0 radical (unpaired) electrons. The number of nitrogens with two attached hydrogens (primary N) is 1. The van der Waals surface area contributed by atoms with E-state index in [1.54, 1.807) is 36.4 Å². The molecule has 0 aliphatic heterocycles. The number of hydrogen-bond donors (Lipinski definition) is 2. The van der Waals surface area contributed by atoms with Gasteiger partial charge < -0.3 is 15.8 Å². The lowest BCUT2D eigenvalue weighted by molar-refractivity contribution is -0.117. The van der Waals surface area contributed by atoms with E-state index in [-0.39, 0.29) is 5.91 Å². The molecule has 3 N–H and O–H groups in total. The van der Waals surface area contributed by atoms with Crippen LogP contribution in [0.25, 0.3) is 0 Å². The van der Waals surface area contributed by atoms with Crippen LogP contribution >= 0.6 is 11.6 Å². The maximum atomic E-state index is 11.8. The number of carbonyl (C=O) groups is 1. The fraction of sp³-hybridized carbons (Fsp3) is 0.188. The van der Waals surface area contributed by atoms with E-state index in [4.69, 9.17) is 22.1 Å². The molecule has 1 amide bonds. The van der Waals surface area contributed by atoms with E-state index < -0.39 is 6.04 Å². The third-order valence-corrected chi connectivity index (χ3v) is 3.25. The molecule has 2 aromatic rings. The molecular weight excluding hydrogens is 288 g/mol. The molecule has 5 heteroatoms. The highest BCUT2D eigenvalue weighted by Gasteiger charge is 2.11. The van der Waals surface area contributed by atoms with Gasteiger partial charge in [0.05, 0.1) is 11.1 Å². The Bertz CT molecular complexity index is 631. The van der Waals surface area contributed by atoms with Crippen LogP contribution in [0.1, 0.15) is 13.3 Å². The number of para-hydroxylation sites is 1. The van der Waals surface area contributed by atoms with Gasteiger partial charge in [0.2, 0.25) is 5.91 Å². The summed E-state index contributed by atoms with van der Waals surface area (Å²) in [6.07, 6.45) is 0.585. The van der Waals surface area contributed by atoms with Gasteiger partial charge in [0.15, 0.2) is 0 Å². The molecule has 0 aliphatic rings. The summed E-state index contributed by atoms with van der Waals surface area (Å²) in [5.74, 6) is 0.936. The Morgan fingerprint density at radius 1 is 1.29 bits per heavy atom. The fourth-order valence-electron chi connectivity index (χ4n) is 1.71. The molecular formula is C16H17ClN2O2. The summed E-state index contributed by atoms with van der Waals surface area (Å²) >= 11 is 6.05. The molecule has 0 spiro atoms. The maximum Gasteiger partial charge on any atom is 0.241 e. The van der Waals surface area contributed by atoms with E-state index in [1.807, 2.05) is 19.1 Å². The van der Waals surface area contributed by atoms with Crippen LogP contribution in [-0.4, -0.2) is 11.9 Å². The third-order valence-electron chi connectivity index (χ3n) is 2.94. The highest BCUT2D eigenvalue weighted by molar-refractivity contribution is 6.32. The van der Waals surface area contributed by atoms with E-state index >= 15 is 0 Å². The van der Waals surface area contributed by atoms with Gasteiger partial charge in [-0.25, -0.2) is 0 Å². The van der Waals surface area contributed by atoms with Crippen molar-refractivity contribution in [1.82, 2.24) is 0 Å². The number of carbonyl (C=O) groups excluding carboxylic acids is 1. The Hall–Kier alpha value is -2.04. The number of ether oxygens (including phenoxy) is 1. The minimum atomic E-state index is -0.516. The second kappa shape index (κ2) is 7.11. The number of nitrogens with one attached hydrogen (secondary N) is 1. The normalized spacial score (nSPS) is 11.8. The molecule has 0 fully saturated rings. The smallest absolute Gasteiger partial charge is 0.241 e. The van der Waals surface area contributed by atoms with Gasteiger partial charge in [-0.05, 0) is 30.7 Å². The van der Waals surface area contributed by atoms with Gasteiger partial charge in [0.25, 0.3) is 0 Å². The SMILES string of the molecule is CCC(N)C(=O)Nc1cccc(Oc2ccccc2Cl)c1. The number of halogens is 1. The lowest BCUT2D eigenvalue weighted by atomic mass is 10.2. The Morgan fingerprint density at radius 2 is 2.05 bits per heavy atom. The average Bonchev–Trinajstić information content (AvgIpc) is 2.49. The summed E-state index contributed by atoms with van der Waals surface area (Å²) in [6.45, 7) is 1.86. The number of hydrogen-bond acceptors (Lipinski definition) is 3. The molecule has 0 heterocycles. The summed E-state index contributed by atoms with van der Waals surface area (Å²) in [7, 11) is 0. The fourth-order valence-corrected chi connectivity index (χ4v) is 1.89. The molecule has 1 atom stereocenters. The lowest BCUT2D eigenvalue weighted by Crippen LogP contribution is -2.34. The van der Waals surface area contributed by atoms with Crippen molar-refractivity contribution in [2.24, 2.45) is 5.73 Å². The van der Waals surface area contributed by atoms with E-state index in [2.05, 4.69) is 5.32 Å². The molecule has 1 unspecified atom stereocenters. The number of rotatable bonds is 5. The largest absolute Gasteiger partial charge is 0.456 e. The number of benzene rings is 2. The molecule has 2 rings (SSSR count). The van der Waals surface area contributed by atoms with Gasteiger partial charge in [-0.1, -0.05) is 36.7 Å². The van der Waals surface area contributed by atoms with E-state index in [0.717, 1.165) is 0 Å². The first-order valence-corrected chi connectivity index (χ1v) is 7.07. The van der Waals surface area contributed by atoms with Crippen LogP contribution in [-0.2, 0) is 4.79 Å². The van der Waals surface area contributed by atoms with Crippen molar-refractivity contribution >= 4 is 23.2 Å². The first-order valence-electron chi connectivity index (χ1n) is 6.69. The van der Waals surface area contributed by atoms with E-state index in [9.17, 15) is 4.79 Å². The van der Waals surface area contributed by atoms with Crippen molar-refractivity contribution in [2.75, 3.05) is 5.32 Å². The van der Waals surface area contributed by atoms with Gasteiger partial charge >= 0.3 is 0 Å². The van der Waals surface area contributed by atoms with Gasteiger partial charge in [-0.2, -0.15) is 0 Å². The Balaban J connectivity index is 2.11. The predicted octanol–water partition coefficient (Wildman–Crippen LogP) is 3.81. The molecule has 0 aromatic heterocycles. The zero-order chi connectivity index (χ0) is 15.2. The van der Waals surface area contributed by atoms with Crippen LogP contribution in [0.4, 0.5) is 5.69 Å². The van der Waals surface area contributed by atoms with Crippen molar-refractivity contribution < 1.29 is 9.53 Å². The van der Waals surface area contributed by atoms with Gasteiger partial charge in [0.1, 0.15) is 11.5 Å². The first kappa shape index (κ1) is 15.4.